The van der Waals surface area contributed by atoms with Crippen molar-refractivity contribution in [2.75, 3.05) is 6.61 Å². The van der Waals surface area contributed by atoms with Crippen LogP contribution >= 0.6 is 0 Å². The van der Waals surface area contributed by atoms with Crippen LogP contribution in [0, 0.1) is 5.82 Å². The Balaban J connectivity index is 2.12. The third kappa shape index (κ3) is 2.80. The number of rotatable bonds is 6. The lowest BCUT2D eigenvalue weighted by molar-refractivity contribution is -0.142. The van der Waals surface area contributed by atoms with E-state index in [0.29, 0.717) is 18.4 Å². The molecule has 0 radical (unpaired) electrons. The molecule has 1 aliphatic rings. The number of amides is 1. The number of carbonyl (C=O) groups excluding carboxylic acids is 1. The summed E-state index contributed by atoms with van der Waals surface area (Å²) in [6.45, 7) is -0.319. The molecule has 1 fully saturated rings. The Morgan fingerprint density at radius 3 is 2.35 bits per heavy atom. The molecule has 0 bridgehead atoms. The number of hydrogen-bond donors (Lipinski definition) is 3. The average Bonchev–Trinajstić information content (AvgIpc) is 3.20. The Morgan fingerprint density at radius 1 is 1.30 bits per heavy atom. The Hall–Kier alpha value is -1.95. The summed E-state index contributed by atoms with van der Waals surface area (Å²) in [4.78, 5) is 23.2. The molecule has 0 aromatic heterocycles. The molecular formula is C14H16FNO4. The first-order valence-electron chi connectivity index (χ1n) is 6.40. The van der Waals surface area contributed by atoms with Crippen molar-refractivity contribution in [3.63, 3.8) is 0 Å². The minimum absolute atomic E-state index is 0.0411. The summed E-state index contributed by atoms with van der Waals surface area (Å²) in [6.07, 6.45) is 1.17. The van der Waals surface area contributed by atoms with Gasteiger partial charge in [0.25, 0.3) is 0 Å². The van der Waals surface area contributed by atoms with Crippen molar-refractivity contribution in [1.29, 1.82) is 0 Å². The lowest BCUT2D eigenvalue weighted by Gasteiger charge is -2.19. The predicted octanol–water partition coefficient (Wildman–Crippen LogP) is 0.809. The van der Waals surface area contributed by atoms with Crippen molar-refractivity contribution in [3.8, 4) is 0 Å². The smallest absolute Gasteiger partial charge is 0.326 e. The van der Waals surface area contributed by atoms with Gasteiger partial charge >= 0.3 is 5.97 Å². The van der Waals surface area contributed by atoms with E-state index in [9.17, 15) is 14.0 Å². The van der Waals surface area contributed by atoms with Crippen LogP contribution in [0.1, 0.15) is 24.8 Å². The molecule has 1 aromatic rings. The van der Waals surface area contributed by atoms with Crippen molar-refractivity contribution in [3.05, 3.63) is 35.6 Å². The first kappa shape index (κ1) is 14.5. The van der Waals surface area contributed by atoms with Gasteiger partial charge in [0.15, 0.2) is 0 Å². The fourth-order valence-corrected chi connectivity index (χ4v) is 2.22. The highest BCUT2D eigenvalue weighted by Crippen LogP contribution is 2.48. The van der Waals surface area contributed by atoms with Crippen LogP contribution in [0.25, 0.3) is 0 Å². The van der Waals surface area contributed by atoms with E-state index >= 15 is 0 Å². The van der Waals surface area contributed by atoms with Crippen LogP contribution in [0.3, 0.4) is 0 Å². The zero-order chi connectivity index (χ0) is 14.8. The second-order valence-electron chi connectivity index (χ2n) is 4.97. The van der Waals surface area contributed by atoms with Crippen molar-refractivity contribution in [1.82, 2.24) is 5.32 Å². The largest absolute Gasteiger partial charge is 0.480 e. The van der Waals surface area contributed by atoms with Crippen molar-refractivity contribution in [2.45, 2.75) is 30.7 Å². The number of carboxylic acids is 1. The summed E-state index contributed by atoms with van der Waals surface area (Å²) in [5, 5.41) is 20.2. The van der Waals surface area contributed by atoms with E-state index in [-0.39, 0.29) is 24.8 Å². The SMILES string of the molecule is O=C(O)C(CCO)NC(=O)C1(c2ccc(F)cc2)CC1. The van der Waals surface area contributed by atoms with Crippen molar-refractivity contribution >= 4 is 11.9 Å². The second kappa shape index (κ2) is 5.58. The summed E-state index contributed by atoms with van der Waals surface area (Å²) >= 11 is 0. The van der Waals surface area contributed by atoms with E-state index in [1.165, 1.54) is 12.1 Å². The van der Waals surface area contributed by atoms with Gasteiger partial charge < -0.3 is 15.5 Å². The summed E-state index contributed by atoms with van der Waals surface area (Å²) < 4.78 is 12.9. The molecular weight excluding hydrogens is 265 g/mol. The van der Waals surface area contributed by atoms with E-state index in [1.54, 1.807) is 12.1 Å². The molecule has 0 heterocycles. The highest BCUT2D eigenvalue weighted by atomic mass is 19.1. The quantitative estimate of drug-likeness (QED) is 0.720. The van der Waals surface area contributed by atoms with Gasteiger partial charge in [-0.15, -0.1) is 0 Å². The number of hydrogen-bond acceptors (Lipinski definition) is 3. The summed E-state index contributed by atoms with van der Waals surface area (Å²) in [7, 11) is 0. The highest BCUT2D eigenvalue weighted by molar-refractivity contribution is 5.93. The van der Waals surface area contributed by atoms with Gasteiger partial charge in [-0.25, -0.2) is 9.18 Å². The van der Waals surface area contributed by atoms with Crippen LogP contribution in [0.15, 0.2) is 24.3 Å². The van der Waals surface area contributed by atoms with Gasteiger partial charge in [-0.3, -0.25) is 4.79 Å². The maximum Gasteiger partial charge on any atom is 0.326 e. The monoisotopic (exact) mass is 281 g/mol. The molecule has 1 aromatic carbocycles. The average molecular weight is 281 g/mol. The lowest BCUT2D eigenvalue weighted by atomic mass is 9.94. The summed E-state index contributed by atoms with van der Waals surface area (Å²) in [5.74, 6) is -1.94. The van der Waals surface area contributed by atoms with Crippen LogP contribution in [-0.4, -0.2) is 34.7 Å². The maximum absolute atomic E-state index is 12.9. The number of nitrogens with one attached hydrogen (secondary N) is 1. The maximum atomic E-state index is 12.9. The zero-order valence-electron chi connectivity index (χ0n) is 10.8. The normalized spacial score (nSPS) is 17.3. The van der Waals surface area contributed by atoms with E-state index < -0.39 is 17.4 Å². The Labute approximate surface area is 115 Å². The van der Waals surface area contributed by atoms with Crippen LogP contribution in [0.5, 0.6) is 0 Å². The predicted molar refractivity (Wildman–Crippen MR) is 68.6 cm³/mol. The molecule has 108 valence electrons. The van der Waals surface area contributed by atoms with Gasteiger partial charge in [0.05, 0.1) is 5.41 Å². The lowest BCUT2D eigenvalue weighted by Crippen LogP contribution is -2.46. The molecule has 0 aliphatic heterocycles. The fourth-order valence-electron chi connectivity index (χ4n) is 2.22. The standard InChI is InChI=1S/C14H16FNO4/c15-10-3-1-9(2-4-10)14(6-7-14)13(20)16-11(5-8-17)12(18)19/h1-4,11,17H,5-8H2,(H,16,20)(H,18,19). The van der Waals surface area contributed by atoms with E-state index in [1.807, 2.05) is 0 Å². The number of halogens is 1. The highest BCUT2D eigenvalue weighted by Gasteiger charge is 2.51. The van der Waals surface area contributed by atoms with Gasteiger partial charge in [0, 0.05) is 13.0 Å². The number of aliphatic hydroxyl groups excluding tert-OH is 1. The molecule has 0 saturated heterocycles. The van der Waals surface area contributed by atoms with Gasteiger partial charge in [-0.2, -0.15) is 0 Å². The molecule has 1 aliphatic carbocycles. The van der Waals surface area contributed by atoms with Gasteiger partial charge in [0.2, 0.25) is 5.91 Å². The molecule has 3 N–H and O–H groups in total. The topological polar surface area (TPSA) is 86.6 Å². The molecule has 0 spiro atoms. The zero-order valence-corrected chi connectivity index (χ0v) is 10.8. The number of carboxylic acid groups (broad SMARTS) is 1. The molecule has 6 heteroatoms. The van der Waals surface area contributed by atoms with Crippen molar-refractivity contribution in [2.24, 2.45) is 0 Å². The number of carbonyl (C=O) groups is 2. The minimum atomic E-state index is -1.18. The van der Waals surface area contributed by atoms with E-state index in [0.717, 1.165) is 0 Å². The van der Waals surface area contributed by atoms with Crippen LogP contribution in [0.2, 0.25) is 0 Å². The second-order valence-corrected chi connectivity index (χ2v) is 4.97. The number of benzene rings is 1. The Morgan fingerprint density at radius 2 is 1.90 bits per heavy atom. The van der Waals surface area contributed by atoms with Crippen LogP contribution < -0.4 is 5.32 Å². The number of aliphatic carboxylic acids is 1. The minimum Gasteiger partial charge on any atom is -0.480 e. The van der Waals surface area contributed by atoms with Crippen LogP contribution in [0.4, 0.5) is 4.39 Å². The molecule has 20 heavy (non-hydrogen) atoms. The number of aliphatic hydroxyl groups is 1. The summed E-state index contributed by atoms with van der Waals surface area (Å²) in [5.41, 5.74) is -0.0684. The van der Waals surface area contributed by atoms with Crippen molar-refractivity contribution < 1.29 is 24.2 Å². The van der Waals surface area contributed by atoms with Gasteiger partial charge in [-0.1, -0.05) is 12.1 Å². The first-order valence-corrected chi connectivity index (χ1v) is 6.40. The molecule has 2 rings (SSSR count). The first-order chi connectivity index (χ1) is 9.49. The molecule has 1 unspecified atom stereocenters. The van der Waals surface area contributed by atoms with E-state index in [2.05, 4.69) is 5.32 Å². The molecule has 1 saturated carbocycles. The third-order valence-electron chi connectivity index (χ3n) is 3.60. The third-order valence-corrected chi connectivity index (χ3v) is 3.60. The van der Waals surface area contributed by atoms with Gasteiger partial charge in [-0.05, 0) is 30.5 Å². The molecule has 1 atom stereocenters. The molecule has 5 nitrogen and oxygen atoms in total. The van der Waals surface area contributed by atoms with Crippen LogP contribution in [-0.2, 0) is 15.0 Å². The van der Waals surface area contributed by atoms with E-state index in [4.69, 9.17) is 10.2 Å². The Bertz CT molecular complexity index is 510. The molecule has 1 amide bonds. The summed E-state index contributed by atoms with van der Waals surface area (Å²) in [6, 6.07) is 4.55. The van der Waals surface area contributed by atoms with Gasteiger partial charge in [0.1, 0.15) is 11.9 Å². The fraction of sp³-hybridized carbons (Fsp3) is 0.429. The Kier molecular flexibility index (Phi) is 4.04.